The van der Waals surface area contributed by atoms with E-state index >= 15 is 0 Å². The molecule has 0 saturated heterocycles. The van der Waals surface area contributed by atoms with E-state index in [2.05, 4.69) is 59.6 Å². The Morgan fingerprint density at radius 2 is 1.14 bits per heavy atom. The van der Waals surface area contributed by atoms with Crippen LogP contribution in [0.2, 0.25) is 0 Å². The molecule has 0 N–H and O–H groups in total. The van der Waals surface area contributed by atoms with E-state index in [9.17, 15) is 12.6 Å². The van der Waals surface area contributed by atoms with Gasteiger partial charge in [-0.2, -0.15) is 12.6 Å². The Morgan fingerprint density at radius 3 is 1.55 bits per heavy atom. The predicted octanol–water partition coefficient (Wildman–Crippen LogP) is 8.28. The van der Waals surface area contributed by atoms with E-state index in [-0.39, 0.29) is 35.7 Å². The highest BCUT2D eigenvalue weighted by atomic mass is 32.3. The van der Waals surface area contributed by atoms with Crippen LogP contribution in [0.5, 0.6) is 11.5 Å². The topological polar surface area (TPSA) is 107 Å². The largest absolute Gasteiger partial charge is 0.488 e. The Bertz CT molecular complexity index is 1450. The normalized spacial score (nSPS) is 22.4. The molecule has 2 aliphatic carbocycles. The number of benzene rings is 2. The van der Waals surface area contributed by atoms with Crippen LogP contribution in [0.15, 0.2) is 48.5 Å². The van der Waals surface area contributed by atoms with Gasteiger partial charge in [-0.25, -0.2) is 8.37 Å². The zero-order valence-corrected chi connectivity index (χ0v) is 32.1. The molecule has 2 aromatic carbocycles. The number of terminal acetylenes is 1. The number of hydrogen-bond acceptors (Lipinski definition) is 9. The minimum Gasteiger partial charge on any atom is -0.488 e. The lowest BCUT2D eigenvalue weighted by Crippen LogP contribution is -2.39. The summed E-state index contributed by atoms with van der Waals surface area (Å²) < 4.78 is 68.3. The van der Waals surface area contributed by atoms with Crippen molar-refractivity contribution in [2.75, 3.05) is 6.61 Å². The van der Waals surface area contributed by atoms with Gasteiger partial charge in [0.05, 0.1) is 6.10 Å². The summed E-state index contributed by atoms with van der Waals surface area (Å²) in [6, 6.07) is 16.1. The molecule has 5 atom stereocenters. The fourth-order valence-electron chi connectivity index (χ4n) is 5.65. The average molecular weight is 721 g/mol. The Balaban J connectivity index is 0.000000266. The molecule has 0 aromatic heterocycles. The summed E-state index contributed by atoms with van der Waals surface area (Å²) in [5, 5.41) is 0. The molecule has 0 spiro atoms. The first-order valence-electron chi connectivity index (χ1n) is 17.3. The van der Waals surface area contributed by atoms with Gasteiger partial charge < -0.3 is 9.47 Å². The standard InChI is InChI=1S/C19H30O5S.C19H26O4S/c1-14(2)23-25(20,21)24-18-9-7-6-8-17(18)22-16-12-10-15(11-13-16)19(3,4)5;1-5-14-21-24(20)23-18-9-7-6-8-17(18)22-16-12-10-15(11-13-16)19(2,3)4/h10-14,17-18H,6-9H2,1-5H3;1,10-13,17-18H,6-9,14H2,2-4H3. The van der Waals surface area contributed by atoms with Crippen molar-refractivity contribution in [1.29, 1.82) is 0 Å². The highest BCUT2D eigenvalue weighted by Gasteiger charge is 2.33. The fourth-order valence-corrected chi connectivity index (χ4v) is 7.33. The van der Waals surface area contributed by atoms with Crippen molar-refractivity contribution in [3.05, 3.63) is 59.7 Å². The van der Waals surface area contributed by atoms with E-state index in [4.69, 9.17) is 32.6 Å². The van der Waals surface area contributed by atoms with Gasteiger partial charge in [-0.15, -0.1) is 6.42 Å². The van der Waals surface area contributed by atoms with E-state index in [1.165, 1.54) is 11.1 Å². The monoisotopic (exact) mass is 720 g/mol. The third-order valence-corrected chi connectivity index (χ3v) is 10.1. The van der Waals surface area contributed by atoms with Crippen molar-refractivity contribution in [3.63, 3.8) is 0 Å². The lowest BCUT2D eigenvalue weighted by molar-refractivity contribution is 0.0136. The van der Waals surface area contributed by atoms with Gasteiger partial charge in [-0.1, -0.05) is 84.6 Å². The number of hydrogen-bond donors (Lipinski definition) is 0. The molecule has 4 rings (SSSR count). The third-order valence-electron chi connectivity index (χ3n) is 8.29. The highest BCUT2D eigenvalue weighted by molar-refractivity contribution is 7.81. The van der Waals surface area contributed by atoms with Gasteiger partial charge in [-0.05, 0) is 98.6 Å². The van der Waals surface area contributed by atoms with Gasteiger partial charge in [0.15, 0.2) is 0 Å². The van der Waals surface area contributed by atoms with E-state index in [1.807, 2.05) is 36.4 Å². The van der Waals surface area contributed by atoms with Crippen LogP contribution in [0, 0.1) is 12.3 Å². The Morgan fingerprint density at radius 1 is 0.735 bits per heavy atom. The second-order valence-electron chi connectivity index (χ2n) is 14.9. The smallest absolute Gasteiger partial charge is 0.400 e. The maximum Gasteiger partial charge on any atom is 0.400 e. The molecule has 9 nitrogen and oxygen atoms in total. The van der Waals surface area contributed by atoms with Crippen molar-refractivity contribution in [2.24, 2.45) is 0 Å². The van der Waals surface area contributed by atoms with Crippen LogP contribution in [0.1, 0.15) is 118 Å². The first-order valence-corrected chi connectivity index (χ1v) is 19.6. The van der Waals surface area contributed by atoms with Gasteiger partial charge in [0.2, 0.25) is 0 Å². The maximum absolute atomic E-state index is 12.0. The lowest BCUT2D eigenvalue weighted by atomic mass is 9.87. The second-order valence-corrected chi connectivity index (χ2v) is 17.0. The molecule has 49 heavy (non-hydrogen) atoms. The molecule has 11 heteroatoms. The van der Waals surface area contributed by atoms with Crippen LogP contribution >= 0.6 is 0 Å². The van der Waals surface area contributed by atoms with Crippen LogP contribution in [-0.4, -0.2) is 49.8 Å². The molecule has 0 amide bonds. The number of rotatable bonds is 12. The van der Waals surface area contributed by atoms with Crippen LogP contribution < -0.4 is 9.47 Å². The summed E-state index contributed by atoms with van der Waals surface area (Å²) in [7, 11) is -4.01. The quantitative estimate of drug-likeness (QED) is 0.200. The molecule has 5 unspecified atom stereocenters. The Labute approximate surface area is 297 Å². The van der Waals surface area contributed by atoms with Crippen molar-refractivity contribution >= 4 is 21.8 Å². The predicted molar refractivity (Wildman–Crippen MR) is 194 cm³/mol. The molecule has 0 heterocycles. The first kappa shape index (κ1) is 41.0. The lowest BCUT2D eigenvalue weighted by Gasteiger charge is -2.31. The summed E-state index contributed by atoms with van der Waals surface area (Å²) in [6.07, 6.45) is 10.6. The van der Waals surface area contributed by atoms with E-state index in [0.717, 1.165) is 56.4 Å². The minimum absolute atomic E-state index is 0.0287. The molecule has 0 radical (unpaired) electrons. The summed E-state index contributed by atoms with van der Waals surface area (Å²) in [6.45, 7) is 16.3. The first-order chi connectivity index (χ1) is 23.0. The van der Waals surface area contributed by atoms with Gasteiger partial charge in [0.1, 0.15) is 42.5 Å². The molecule has 2 aliphatic rings. The SMILES string of the molecule is C#CCOS(=O)OC1CCCCC1Oc1ccc(C(C)(C)C)cc1.CC(C)OS(=O)(=O)OC1CCCCC1Oc1ccc(C(C)(C)C)cc1. The average Bonchev–Trinajstić information content (AvgIpc) is 3.01. The Hall–Kier alpha value is -2.46. The van der Waals surface area contributed by atoms with Gasteiger partial charge in [0.25, 0.3) is 0 Å². The summed E-state index contributed by atoms with van der Waals surface area (Å²) in [5.74, 6) is 3.81. The highest BCUT2D eigenvalue weighted by Crippen LogP contribution is 2.31. The maximum atomic E-state index is 12.0. The fraction of sp³-hybridized carbons (Fsp3) is 0.632. The van der Waals surface area contributed by atoms with E-state index < -0.39 is 34.0 Å². The van der Waals surface area contributed by atoms with Crippen molar-refractivity contribution < 1.29 is 38.8 Å². The number of ether oxygens (including phenoxy) is 2. The molecule has 2 fully saturated rings. The van der Waals surface area contributed by atoms with Crippen molar-refractivity contribution in [2.45, 2.75) is 148 Å². The molecule has 2 aromatic rings. The molecular formula is C38H56O9S2. The van der Waals surface area contributed by atoms with Gasteiger partial charge >= 0.3 is 21.8 Å². The molecular weight excluding hydrogens is 665 g/mol. The summed E-state index contributed by atoms with van der Waals surface area (Å²) in [5.41, 5.74) is 2.68. The van der Waals surface area contributed by atoms with Gasteiger partial charge in [0, 0.05) is 0 Å². The minimum atomic E-state index is -4.01. The van der Waals surface area contributed by atoms with Gasteiger partial charge in [-0.3, -0.25) is 8.37 Å². The zero-order chi connectivity index (χ0) is 36.2. The second kappa shape index (κ2) is 18.7. The summed E-state index contributed by atoms with van der Waals surface area (Å²) >= 11 is -1.83. The van der Waals surface area contributed by atoms with Crippen LogP contribution in [0.3, 0.4) is 0 Å². The van der Waals surface area contributed by atoms with Crippen LogP contribution in [0.4, 0.5) is 0 Å². The molecule has 0 aliphatic heterocycles. The molecule has 0 bridgehead atoms. The van der Waals surface area contributed by atoms with Crippen molar-refractivity contribution in [3.8, 4) is 23.8 Å². The zero-order valence-electron chi connectivity index (χ0n) is 30.4. The summed E-state index contributed by atoms with van der Waals surface area (Å²) in [4.78, 5) is 0. The Kier molecular flexibility index (Phi) is 15.6. The van der Waals surface area contributed by atoms with Crippen LogP contribution in [-0.2, 0) is 49.3 Å². The molecule has 2 saturated carbocycles. The van der Waals surface area contributed by atoms with E-state index in [1.54, 1.807) is 13.8 Å². The third kappa shape index (κ3) is 14.4. The molecule has 274 valence electrons. The van der Waals surface area contributed by atoms with Crippen molar-refractivity contribution in [1.82, 2.24) is 0 Å². The van der Waals surface area contributed by atoms with Crippen LogP contribution in [0.25, 0.3) is 0 Å². The van der Waals surface area contributed by atoms with E-state index in [0.29, 0.717) is 6.42 Å².